The first kappa shape index (κ1) is 20.3. The molecule has 150 valence electrons. The summed E-state index contributed by atoms with van der Waals surface area (Å²) in [6.07, 6.45) is 2.62. The molecule has 1 atom stereocenters. The maximum absolute atomic E-state index is 13.0. The summed E-state index contributed by atoms with van der Waals surface area (Å²) < 4.78 is 6.97. The summed E-state index contributed by atoms with van der Waals surface area (Å²) in [5, 5.41) is 2.92. The van der Waals surface area contributed by atoms with Gasteiger partial charge in [0.15, 0.2) is 0 Å². The molecule has 1 aromatic carbocycles. The van der Waals surface area contributed by atoms with E-state index in [2.05, 4.69) is 10.2 Å². The van der Waals surface area contributed by atoms with E-state index in [-0.39, 0.29) is 23.1 Å². The molecule has 1 N–H and O–H groups in total. The molecule has 3 rings (SSSR count). The molecule has 0 saturated carbocycles. The van der Waals surface area contributed by atoms with Crippen LogP contribution in [0.2, 0.25) is 0 Å². The lowest BCUT2D eigenvalue weighted by atomic mass is 10.1. The average molecular weight is 383 g/mol. The van der Waals surface area contributed by atoms with E-state index in [9.17, 15) is 9.59 Å². The quantitative estimate of drug-likeness (QED) is 0.745. The zero-order chi connectivity index (χ0) is 19.9. The van der Waals surface area contributed by atoms with Crippen LogP contribution in [0.5, 0.6) is 0 Å². The van der Waals surface area contributed by atoms with Crippen molar-refractivity contribution in [3.63, 3.8) is 0 Å². The van der Waals surface area contributed by atoms with Crippen LogP contribution in [0.25, 0.3) is 0 Å². The first-order valence-corrected chi connectivity index (χ1v) is 9.93. The van der Waals surface area contributed by atoms with Crippen LogP contribution in [0, 0.1) is 6.92 Å². The Morgan fingerprint density at radius 2 is 1.89 bits per heavy atom. The smallest absolute Gasteiger partial charge is 0.264 e. The van der Waals surface area contributed by atoms with Crippen molar-refractivity contribution in [3.05, 3.63) is 69.6 Å². The van der Waals surface area contributed by atoms with Gasteiger partial charge in [0.05, 0.1) is 19.3 Å². The van der Waals surface area contributed by atoms with E-state index >= 15 is 0 Å². The number of nitrogens with one attached hydrogen (secondary N) is 1. The van der Waals surface area contributed by atoms with Gasteiger partial charge in [0.1, 0.15) is 5.56 Å². The van der Waals surface area contributed by atoms with Crippen molar-refractivity contribution < 1.29 is 9.53 Å². The number of pyridine rings is 1. The Morgan fingerprint density at radius 1 is 1.18 bits per heavy atom. The molecule has 2 aromatic rings. The number of rotatable bonds is 7. The van der Waals surface area contributed by atoms with Crippen LogP contribution < -0.4 is 10.9 Å². The predicted molar refractivity (Wildman–Crippen MR) is 110 cm³/mol. The zero-order valence-electron chi connectivity index (χ0n) is 16.7. The summed E-state index contributed by atoms with van der Waals surface area (Å²) in [4.78, 5) is 28.0. The number of hydrogen-bond acceptors (Lipinski definition) is 4. The molecule has 1 fully saturated rings. The number of nitrogens with zero attached hydrogens (tertiary/aromatic N) is 2. The molecule has 0 spiro atoms. The molecule has 0 bridgehead atoms. The van der Waals surface area contributed by atoms with Crippen molar-refractivity contribution in [2.75, 3.05) is 39.4 Å². The number of carbonyl (C=O) groups excluding carboxylic acids is 1. The fourth-order valence-corrected chi connectivity index (χ4v) is 3.53. The largest absolute Gasteiger partial charge is 0.379 e. The number of benzene rings is 1. The summed E-state index contributed by atoms with van der Waals surface area (Å²) in [5.41, 5.74) is 1.72. The second-order valence-corrected chi connectivity index (χ2v) is 7.24. The van der Waals surface area contributed by atoms with Crippen molar-refractivity contribution >= 4 is 5.91 Å². The molecule has 1 aliphatic rings. The van der Waals surface area contributed by atoms with Gasteiger partial charge < -0.3 is 14.6 Å². The van der Waals surface area contributed by atoms with Gasteiger partial charge in [-0.15, -0.1) is 0 Å². The summed E-state index contributed by atoms with van der Waals surface area (Å²) >= 11 is 0. The third-order valence-electron chi connectivity index (χ3n) is 5.29. The molecule has 0 radical (unpaired) electrons. The Hall–Kier alpha value is -2.44. The summed E-state index contributed by atoms with van der Waals surface area (Å²) in [7, 11) is 0. The van der Waals surface area contributed by atoms with Gasteiger partial charge in [-0.05, 0) is 44.0 Å². The van der Waals surface area contributed by atoms with Crippen LogP contribution in [-0.4, -0.2) is 54.8 Å². The summed E-state index contributed by atoms with van der Waals surface area (Å²) in [6.45, 7) is 8.67. The number of aromatic nitrogens is 1. The molecule has 1 unspecified atom stereocenters. The highest BCUT2D eigenvalue weighted by molar-refractivity contribution is 5.95. The van der Waals surface area contributed by atoms with Crippen LogP contribution >= 0.6 is 0 Å². The summed E-state index contributed by atoms with van der Waals surface area (Å²) in [5.74, 6) is -0.293. The maximum atomic E-state index is 13.0. The van der Waals surface area contributed by atoms with Crippen LogP contribution in [0.15, 0.2) is 47.4 Å². The normalized spacial score (nSPS) is 15.9. The lowest BCUT2D eigenvalue weighted by Crippen LogP contribution is -2.39. The van der Waals surface area contributed by atoms with E-state index in [4.69, 9.17) is 4.74 Å². The topological polar surface area (TPSA) is 63.6 Å². The third-order valence-corrected chi connectivity index (χ3v) is 5.29. The van der Waals surface area contributed by atoms with Crippen LogP contribution in [0.1, 0.15) is 40.9 Å². The van der Waals surface area contributed by atoms with E-state index in [0.717, 1.165) is 44.8 Å². The molecule has 2 heterocycles. The van der Waals surface area contributed by atoms with Crippen molar-refractivity contribution in [1.29, 1.82) is 0 Å². The second-order valence-electron chi connectivity index (χ2n) is 7.24. The number of morpholine rings is 1. The Morgan fingerprint density at radius 3 is 2.61 bits per heavy atom. The van der Waals surface area contributed by atoms with E-state index in [1.807, 2.05) is 50.2 Å². The molecule has 1 amide bonds. The van der Waals surface area contributed by atoms with Gasteiger partial charge in [-0.3, -0.25) is 14.5 Å². The molecular weight excluding hydrogens is 354 g/mol. The minimum Gasteiger partial charge on any atom is -0.379 e. The molecular formula is C22H29N3O3. The molecule has 6 heteroatoms. The number of hydrogen-bond donors (Lipinski definition) is 1. The van der Waals surface area contributed by atoms with E-state index in [1.165, 1.54) is 0 Å². The van der Waals surface area contributed by atoms with E-state index in [0.29, 0.717) is 12.1 Å². The minimum atomic E-state index is -0.293. The molecule has 1 aromatic heterocycles. The molecule has 0 aliphatic carbocycles. The minimum absolute atomic E-state index is 0.137. The van der Waals surface area contributed by atoms with Crippen molar-refractivity contribution in [3.8, 4) is 0 Å². The Labute approximate surface area is 166 Å². The molecule has 1 saturated heterocycles. The second kappa shape index (κ2) is 9.66. The SMILES string of the molecule is Cc1ccn(C(C)c2ccccc2)c(=O)c1C(=O)NCCCN1CCOCC1. The number of aryl methyl sites for hydroxylation is 1. The maximum Gasteiger partial charge on any atom is 0.264 e. The number of carbonyl (C=O) groups is 1. The highest BCUT2D eigenvalue weighted by Gasteiger charge is 2.18. The molecule has 1 aliphatic heterocycles. The van der Waals surface area contributed by atoms with Gasteiger partial charge >= 0.3 is 0 Å². The highest BCUT2D eigenvalue weighted by atomic mass is 16.5. The van der Waals surface area contributed by atoms with Gasteiger partial charge in [-0.2, -0.15) is 0 Å². The van der Waals surface area contributed by atoms with Crippen LogP contribution in [0.4, 0.5) is 0 Å². The molecule has 6 nitrogen and oxygen atoms in total. The number of amides is 1. The first-order valence-electron chi connectivity index (χ1n) is 9.93. The fraction of sp³-hybridized carbons (Fsp3) is 0.455. The zero-order valence-corrected chi connectivity index (χ0v) is 16.7. The predicted octanol–water partition coefficient (Wildman–Crippen LogP) is 2.22. The van der Waals surface area contributed by atoms with Crippen LogP contribution in [0.3, 0.4) is 0 Å². The fourth-order valence-electron chi connectivity index (χ4n) is 3.53. The van der Waals surface area contributed by atoms with Crippen molar-refractivity contribution in [2.24, 2.45) is 0 Å². The van der Waals surface area contributed by atoms with Gasteiger partial charge in [-0.1, -0.05) is 30.3 Å². The van der Waals surface area contributed by atoms with Crippen LogP contribution in [-0.2, 0) is 4.74 Å². The lowest BCUT2D eigenvalue weighted by Gasteiger charge is -2.26. The monoisotopic (exact) mass is 383 g/mol. The van der Waals surface area contributed by atoms with Gasteiger partial charge in [0.2, 0.25) is 0 Å². The first-order chi connectivity index (χ1) is 13.6. The lowest BCUT2D eigenvalue weighted by molar-refractivity contribution is 0.0374. The van der Waals surface area contributed by atoms with Crippen molar-refractivity contribution in [1.82, 2.24) is 14.8 Å². The van der Waals surface area contributed by atoms with E-state index in [1.54, 1.807) is 10.8 Å². The third kappa shape index (κ3) is 4.88. The Kier molecular flexibility index (Phi) is 7.01. The van der Waals surface area contributed by atoms with Gasteiger partial charge in [0.25, 0.3) is 11.5 Å². The van der Waals surface area contributed by atoms with Crippen molar-refractivity contribution in [2.45, 2.75) is 26.3 Å². The Bertz CT molecular complexity index is 842. The highest BCUT2D eigenvalue weighted by Crippen LogP contribution is 2.16. The number of ether oxygens (including phenoxy) is 1. The standard InChI is InChI=1S/C22H29N3O3/c1-17-9-12-25(18(2)19-7-4-3-5-8-19)22(27)20(17)21(26)23-10-6-11-24-13-15-28-16-14-24/h3-5,7-9,12,18H,6,10-11,13-16H2,1-2H3,(H,23,26). The van der Waals surface area contributed by atoms with Gasteiger partial charge in [0, 0.05) is 25.8 Å². The molecule has 28 heavy (non-hydrogen) atoms. The summed E-state index contributed by atoms with van der Waals surface area (Å²) in [6, 6.07) is 11.5. The van der Waals surface area contributed by atoms with E-state index < -0.39 is 0 Å². The Balaban J connectivity index is 1.65. The van der Waals surface area contributed by atoms with Gasteiger partial charge in [-0.25, -0.2) is 0 Å². The average Bonchev–Trinajstić information content (AvgIpc) is 2.72.